The molecule has 5 heteroatoms. The van der Waals surface area contributed by atoms with Gasteiger partial charge in [0, 0.05) is 13.2 Å². The fourth-order valence-electron chi connectivity index (χ4n) is 1.92. The minimum atomic E-state index is -3.10. The highest BCUT2D eigenvalue weighted by Gasteiger charge is 2.39. The summed E-state index contributed by atoms with van der Waals surface area (Å²) >= 11 is 0. The summed E-state index contributed by atoms with van der Waals surface area (Å²) in [7, 11) is -3.10. The molecule has 4 nitrogen and oxygen atoms in total. The maximum Gasteiger partial charge on any atom is 0.159 e. The molecule has 0 aromatic carbocycles. The second kappa shape index (κ2) is 4.59. The maximum atomic E-state index is 12.0. The first-order valence-corrected chi connectivity index (χ1v) is 6.69. The van der Waals surface area contributed by atoms with Crippen molar-refractivity contribution in [3.8, 4) is 0 Å². The van der Waals surface area contributed by atoms with Crippen molar-refractivity contribution in [3.05, 3.63) is 0 Å². The molecule has 0 aromatic rings. The molecule has 0 bridgehead atoms. The molecule has 84 valence electrons. The first kappa shape index (κ1) is 11.9. The van der Waals surface area contributed by atoms with Crippen molar-refractivity contribution in [1.82, 2.24) is 0 Å². The van der Waals surface area contributed by atoms with Gasteiger partial charge in [0.1, 0.15) is 0 Å². The van der Waals surface area contributed by atoms with Crippen molar-refractivity contribution in [3.63, 3.8) is 0 Å². The summed E-state index contributed by atoms with van der Waals surface area (Å²) in [5, 5.41) is -0.757. The summed E-state index contributed by atoms with van der Waals surface area (Å²) in [6.07, 6.45) is 1.02. The summed E-state index contributed by atoms with van der Waals surface area (Å²) in [6, 6.07) is 0. The molecular weight excluding hydrogens is 202 g/mol. The van der Waals surface area contributed by atoms with Crippen LogP contribution in [0.1, 0.15) is 26.7 Å². The Labute approximate surface area is 85.7 Å². The van der Waals surface area contributed by atoms with Crippen molar-refractivity contribution >= 4 is 9.84 Å². The summed E-state index contributed by atoms with van der Waals surface area (Å²) < 4.78 is 29.4. The van der Waals surface area contributed by atoms with Gasteiger partial charge >= 0.3 is 0 Å². The highest BCUT2D eigenvalue weighted by Crippen LogP contribution is 2.24. The molecule has 0 aliphatic carbocycles. The topological polar surface area (TPSA) is 69.4 Å². The van der Waals surface area contributed by atoms with Gasteiger partial charge in [-0.2, -0.15) is 0 Å². The molecule has 2 N–H and O–H groups in total. The van der Waals surface area contributed by atoms with E-state index in [9.17, 15) is 8.42 Å². The van der Waals surface area contributed by atoms with Gasteiger partial charge < -0.3 is 10.5 Å². The molecule has 0 amide bonds. The van der Waals surface area contributed by atoms with E-state index in [1.807, 2.05) is 13.8 Å². The number of rotatable bonds is 4. The van der Waals surface area contributed by atoms with E-state index in [4.69, 9.17) is 10.5 Å². The predicted octanol–water partition coefficient (Wildman–Crippen LogP) is 0.316. The Bertz CT molecular complexity index is 272. The van der Waals surface area contributed by atoms with E-state index in [0.29, 0.717) is 19.4 Å². The zero-order valence-corrected chi connectivity index (χ0v) is 9.59. The zero-order chi connectivity index (χ0) is 10.8. The van der Waals surface area contributed by atoms with E-state index < -0.39 is 15.1 Å². The van der Waals surface area contributed by atoms with E-state index in [2.05, 4.69) is 0 Å². The van der Waals surface area contributed by atoms with Crippen molar-refractivity contribution in [2.45, 2.75) is 43.3 Å². The molecular formula is C9H19NO3S. The molecule has 1 aliphatic heterocycles. The van der Waals surface area contributed by atoms with Gasteiger partial charge in [-0.05, 0) is 19.8 Å². The first-order chi connectivity index (χ1) is 6.54. The second-order valence-electron chi connectivity index (χ2n) is 3.76. The van der Waals surface area contributed by atoms with Gasteiger partial charge in [0.2, 0.25) is 0 Å². The smallest absolute Gasteiger partial charge is 0.159 e. The molecule has 1 fully saturated rings. The van der Waals surface area contributed by atoms with Crippen LogP contribution in [0.5, 0.6) is 0 Å². The lowest BCUT2D eigenvalue weighted by Crippen LogP contribution is -2.39. The minimum Gasteiger partial charge on any atom is -0.377 e. The van der Waals surface area contributed by atoms with Crippen LogP contribution in [-0.2, 0) is 14.6 Å². The second-order valence-corrected chi connectivity index (χ2v) is 6.21. The zero-order valence-electron chi connectivity index (χ0n) is 8.77. The van der Waals surface area contributed by atoms with Crippen LogP contribution in [0.3, 0.4) is 0 Å². The van der Waals surface area contributed by atoms with Gasteiger partial charge in [-0.25, -0.2) is 8.42 Å². The molecule has 1 aliphatic rings. The van der Waals surface area contributed by atoms with Crippen molar-refractivity contribution in [1.29, 1.82) is 0 Å². The van der Waals surface area contributed by atoms with E-state index in [1.54, 1.807) is 0 Å². The van der Waals surface area contributed by atoms with Crippen molar-refractivity contribution in [2.75, 3.05) is 13.2 Å². The molecule has 0 saturated carbocycles. The Morgan fingerprint density at radius 2 is 2.21 bits per heavy atom. The van der Waals surface area contributed by atoms with Gasteiger partial charge in [0.15, 0.2) is 9.84 Å². The molecule has 0 spiro atoms. The minimum absolute atomic E-state index is 0.180. The van der Waals surface area contributed by atoms with Crippen molar-refractivity contribution in [2.24, 2.45) is 5.73 Å². The third-order valence-electron chi connectivity index (χ3n) is 2.91. The number of nitrogens with two attached hydrogens (primary N) is 1. The number of hydrogen-bond acceptors (Lipinski definition) is 4. The number of ether oxygens (including phenoxy) is 1. The van der Waals surface area contributed by atoms with E-state index >= 15 is 0 Å². The SMILES string of the molecule is CCC(CN)S(=O)(=O)C1CCOC1C. The molecule has 0 aromatic heterocycles. The third kappa shape index (κ3) is 2.10. The molecule has 1 rings (SSSR count). The van der Waals surface area contributed by atoms with E-state index in [0.717, 1.165) is 0 Å². The van der Waals surface area contributed by atoms with Crippen LogP contribution in [0.4, 0.5) is 0 Å². The highest BCUT2D eigenvalue weighted by molar-refractivity contribution is 7.92. The average molecular weight is 221 g/mol. The van der Waals surface area contributed by atoms with Gasteiger partial charge in [-0.3, -0.25) is 0 Å². The average Bonchev–Trinajstić information content (AvgIpc) is 2.53. The monoisotopic (exact) mass is 221 g/mol. The maximum absolute atomic E-state index is 12.0. The Morgan fingerprint density at radius 3 is 2.57 bits per heavy atom. The number of sulfone groups is 1. The summed E-state index contributed by atoms with van der Waals surface area (Å²) in [4.78, 5) is 0. The Morgan fingerprint density at radius 1 is 1.57 bits per heavy atom. The van der Waals surface area contributed by atoms with Gasteiger partial charge in [0.25, 0.3) is 0 Å². The van der Waals surface area contributed by atoms with Crippen LogP contribution >= 0.6 is 0 Å². The normalized spacial score (nSPS) is 30.5. The molecule has 1 saturated heterocycles. The summed E-state index contributed by atoms with van der Waals surface area (Å²) in [5.74, 6) is 0. The molecule has 3 atom stereocenters. The van der Waals surface area contributed by atoms with Crippen molar-refractivity contribution < 1.29 is 13.2 Å². The molecule has 0 radical (unpaired) electrons. The van der Waals surface area contributed by atoms with Gasteiger partial charge in [0.05, 0.1) is 16.6 Å². The van der Waals surface area contributed by atoms with Gasteiger partial charge in [-0.15, -0.1) is 0 Å². The fraction of sp³-hybridized carbons (Fsp3) is 1.00. The van der Waals surface area contributed by atoms with Crippen LogP contribution < -0.4 is 5.73 Å². The quantitative estimate of drug-likeness (QED) is 0.742. The Balaban J connectivity index is 2.83. The van der Waals surface area contributed by atoms with E-state index in [1.165, 1.54) is 0 Å². The lowest BCUT2D eigenvalue weighted by atomic mass is 10.2. The lowest BCUT2D eigenvalue weighted by molar-refractivity contribution is 0.126. The first-order valence-electron chi connectivity index (χ1n) is 5.08. The Kier molecular flexibility index (Phi) is 3.92. The highest BCUT2D eigenvalue weighted by atomic mass is 32.2. The molecule has 14 heavy (non-hydrogen) atoms. The Hall–Kier alpha value is -0.130. The summed E-state index contributed by atoms with van der Waals surface area (Å²) in [5.41, 5.74) is 5.46. The number of hydrogen-bond donors (Lipinski definition) is 1. The fourth-order valence-corrected chi connectivity index (χ4v) is 4.19. The largest absolute Gasteiger partial charge is 0.377 e. The van der Waals surface area contributed by atoms with E-state index in [-0.39, 0.29) is 17.9 Å². The summed E-state index contributed by atoms with van der Waals surface area (Å²) in [6.45, 7) is 4.43. The lowest BCUT2D eigenvalue weighted by Gasteiger charge is -2.21. The van der Waals surface area contributed by atoms with Crippen LogP contribution in [0.2, 0.25) is 0 Å². The predicted molar refractivity (Wildman–Crippen MR) is 55.9 cm³/mol. The van der Waals surface area contributed by atoms with Gasteiger partial charge in [-0.1, -0.05) is 6.92 Å². The standard InChI is InChI=1S/C9H19NO3S/c1-3-8(6-10)14(11,12)9-4-5-13-7(9)2/h7-9H,3-6,10H2,1-2H3. The third-order valence-corrected chi connectivity index (χ3v) is 5.83. The molecule has 1 heterocycles. The van der Waals surface area contributed by atoms with Crippen LogP contribution in [0.15, 0.2) is 0 Å². The van der Waals surface area contributed by atoms with Crippen LogP contribution in [0, 0.1) is 0 Å². The van der Waals surface area contributed by atoms with Crippen LogP contribution in [0.25, 0.3) is 0 Å². The van der Waals surface area contributed by atoms with Crippen LogP contribution in [-0.4, -0.2) is 38.2 Å². The molecule has 3 unspecified atom stereocenters.